The summed E-state index contributed by atoms with van der Waals surface area (Å²) in [7, 11) is 0. The normalized spacial score (nSPS) is 25.1. The van der Waals surface area contributed by atoms with E-state index in [-0.39, 0.29) is 36.0 Å². The van der Waals surface area contributed by atoms with Gasteiger partial charge in [-0.15, -0.1) is 10.2 Å². The molecule has 11 heteroatoms. The number of benzene rings is 1. The Morgan fingerprint density at radius 2 is 1.78 bits per heavy atom. The first kappa shape index (κ1) is 23.4. The summed E-state index contributed by atoms with van der Waals surface area (Å²) in [6.07, 6.45) is -0.706. The van der Waals surface area contributed by atoms with Crippen molar-refractivity contribution in [2.45, 2.75) is 56.9 Å². The third-order valence-electron chi connectivity index (χ3n) is 8.66. The van der Waals surface area contributed by atoms with Crippen molar-refractivity contribution in [3.05, 3.63) is 64.6 Å². The first-order valence-electron chi connectivity index (χ1n) is 12.6. The van der Waals surface area contributed by atoms with E-state index < -0.39 is 12.1 Å². The van der Waals surface area contributed by atoms with Gasteiger partial charge in [0.05, 0.1) is 24.3 Å². The molecule has 0 atom stereocenters. The minimum absolute atomic E-state index is 0.116. The second kappa shape index (κ2) is 8.14. The van der Waals surface area contributed by atoms with Gasteiger partial charge in [-0.3, -0.25) is 9.47 Å². The molecule has 1 saturated heterocycles. The summed E-state index contributed by atoms with van der Waals surface area (Å²) >= 11 is 6.33. The highest BCUT2D eigenvalue weighted by Gasteiger charge is 2.55. The number of pyridine rings is 1. The summed E-state index contributed by atoms with van der Waals surface area (Å²) in [6.45, 7) is 2.74. The molecule has 2 aliphatic carbocycles. The number of anilines is 1. The molecule has 3 aromatic rings. The van der Waals surface area contributed by atoms with E-state index in [1.807, 2.05) is 18.2 Å². The highest BCUT2D eigenvalue weighted by molar-refractivity contribution is 6.30. The van der Waals surface area contributed by atoms with Gasteiger partial charge in [0.1, 0.15) is 17.5 Å². The molecular weight excluding hydrogens is 508 g/mol. The number of hydrogen-bond acceptors (Lipinski definition) is 5. The molecule has 1 aromatic carbocycles. The Labute approximate surface area is 216 Å². The van der Waals surface area contributed by atoms with Crippen LogP contribution in [0.5, 0.6) is 0 Å². The van der Waals surface area contributed by atoms with Crippen LogP contribution in [0.1, 0.15) is 48.8 Å². The van der Waals surface area contributed by atoms with Crippen molar-refractivity contribution in [1.82, 2.24) is 24.6 Å². The van der Waals surface area contributed by atoms with Crippen LogP contribution in [0.2, 0.25) is 5.02 Å². The fourth-order valence-electron chi connectivity index (χ4n) is 6.63. The van der Waals surface area contributed by atoms with Gasteiger partial charge in [-0.2, -0.15) is 13.2 Å². The largest absolute Gasteiger partial charge is 0.391 e. The van der Waals surface area contributed by atoms with Crippen LogP contribution in [0, 0.1) is 17.2 Å². The Hall–Kier alpha value is -2.72. The maximum absolute atomic E-state index is 13.2. The number of alkyl halides is 3. The molecular formula is C26H25ClF4N6. The molecule has 1 spiro atoms. The Balaban J connectivity index is 1.11. The Kier molecular flexibility index (Phi) is 5.15. The molecule has 194 valence electrons. The fraction of sp³-hybridized carbons (Fsp3) is 0.500. The fourth-order valence-corrected chi connectivity index (χ4v) is 6.83. The summed E-state index contributed by atoms with van der Waals surface area (Å²) in [4.78, 5) is 8.45. The number of halogens is 5. The molecule has 7 rings (SSSR count). The summed E-state index contributed by atoms with van der Waals surface area (Å²) in [6, 6.07) is 8.72. The van der Waals surface area contributed by atoms with Crippen LogP contribution in [0.4, 0.5) is 23.4 Å². The lowest BCUT2D eigenvalue weighted by Gasteiger charge is -2.59. The quantitative estimate of drug-likeness (QED) is 0.417. The first-order valence-corrected chi connectivity index (χ1v) is 13.0. The SMILES string of the molecule is Fc1ccc(N2CC3(CC(c4nnc5n4-c4ccc(Cl)cc4CN(C4CC(C(F)(F)F)C4)C5)C3)C2)nc1. The number of nitrogens with zero attached hydrogens (tertiary/aromatic N) is 6. The molecule has 0 radical (unpaired) electrons. The third kappa shape index (κ3) is 3.91. The van der Waals surface area contributed by atoms with E-state index in [1.165, 1.54) is 12.3 Å². The molecule has 2 aliphatic heterocycles. The second-order valence-electron chi connectivity index (χ2n) is 11.1. The molecule has 37 heavy (non-hydrogen) atoms. The Morgan fingerprint density at radius 1 is 1.00 bits per heavy atom. The molecule has 6 nitrogen and oxygen atoms in total. The summed E-state index contributed by atoms with van der Waals surface area (Å²) in [5, 5.41) is 9.72. The van der Waals surface area contributed by atoms with Crippen molar-refractivity contribution < 1.29 is 17.6 Å². The maximum atomic E-state index is 13.2. The Morgan fingerprint density at radius 3 is 2.49 bits per heavy atom. The number of fused-ring (bicyclic) bond motifs is 3. The lowest BCUT2D eigenvalue weighted by Crippen LogP contribution is -2.62. The standard InChI is InChI=1S/C26H25ClF4N6/c27-18-1-3-21-15(5-18)11-35(20-6-17(7-20)26(29,30)31)12-23-33-34-24(37(21)23)16-8-25(9-16)13-36(14-25)22-4-2-19(28)10-32-22/h1-5,10,16-17,20H,6-9,11-14H2. The monoisotopic (exact) mass is 532 g/mol. The van der Waals surface area contributed by atoms with E-state index in [4.69, 9.17) is 11.6 Å². The van der Waals surface area contributed by atoms with Crippen molar-refractivity contribution in [1.29, 1.82) is 0 Å². The number of rotatable bonds is 3. The van der Waals surface area contributed by atoms with Crippen LogP contribution >= 0.6 is 11.6 Å². The average molecular weight is 533 g/mol. The molecule has 3 fully saturated rings. The summed E-state index contributed by atoms with van der Waals surface area (Å²) in [5.74, 6) is 1.14. The zero-order valence-electron chi connectivity index (χ0n) is 19.9. The van der Waals surface area contributed by atoms with E-state index in [0.717, 1.165) is 54.6 Å². The molecule has 0 unspecified atom stereocenters. The number of aromatic nitrogens is 4. The van der Waals surface area contributed by atoms with Crippen molar-refractivity contribution in [2.24, 2.45) is 11.3 Å². The van der Waals surface area contributed by atoms with E-state index >= 15 is 0 Å². The van der Waals surface area contributed by atoms with Crippen molar-refractivity contribution in [3.8, 4) is 5.69 Å². The summed E-state index contributed by atoms with van der Waals surface area (Å²) < 4.78 is 54.7. The van der Waals surface area contributed by atoms with Crippen LogP contribution < -0.4 is 4.90 Å². The smallest absolute Gasteiger partial charge is 0.355 e. The van der Waals surface area contributed by atoms with Gasteiger partial charge in [0, 0.05) is 42.0 Å². The zero-order valence-corrected chi connectivity index (χ0v) is 20.7. The van der Waals surface area contributed by atoms with E-state index in [0.29, 0.717) is 18.1 Å². The number of hydrogen-bond donors (Lipinski definition) is 0. The second-order valence-corrected chi connectivity index (χ2v) is 11.6. The van der Waals surface area contributed by atoms with Crippen molar-refractivity contribution >= 4 is 17.4 Å². The van der Waals surface area contributed by atoms with Gasteiger partial charge in [0.25, 0.3) is 0 Å². The lowest BCUT2D eigenvalue weighted by molar-refractivity contribution is -0.207. The molecule has 0 N–H and O–H groups in total. The molecule has 2 saturated carbocycles. The maximum Gasteiger partial charge on any atom is 0.391 e. The zero-order chi connectivity index (χ0) is 25.5. The van der Waals surface area contributed by atoms with Gasteiger partial charge >= 0.3 is 6.18 Å². The Bertz CT molecular complexity index is 1340. The molecule has 4 heterocycles. The first-order chi connectivity index (χ1) is 17.7. The molecule has 2 aromatic heterocycles. The van der Waals surface area contributed by atoms with Gasteiger partial charge in [-0.1, -0.05) is 11.6 Å². The van der Waals surface area contributed by atoms with Gasteiger partial charge in [0.15, 0.2) is 5.82 Å². The van der Waals surface area contributed by atoms with Crippen LogP contribution in [-0.2, 0) is 13.1 Å². The van der Waals surface area contributed by atoms with E-state index in [2.05, 4.69) is 29.5 Å². The van der Waals surface area contributed by atoms with Gasteiger partial charge in [0.2, 0.25) is 0 Å². The predicted octanol–water partition coefficient (Wildman–Crippen LogP) is 5.50. The minimum atomic E-state index is -4.14. The molecule has 0 amide bonds. The van der Waals surface area contributed by atoms with Crippen molar-refractivity contribution in [2.75, 3.05) is 18.0 Å². The highest BCUT2D eigenvalue weighted by Crippen LogP contribution is 2.56. The van der Waals surface area contributed by atoms with Crippen LogP contribution in [0.25, 0.3) is 5.69 Å². The van der Waals surface area contributed by atoms with Gasteiger partial charge in [-0.25, -0.2) is 9.37 Å². The van der Waals surface area contributed by atoms with Gasteiger partial charge < -0.3 is 4.90 Å². The third-order valence-corrected chi connectivity index (χ3v) is 8.90. The van der Waals surface area contributed by atoms with Crippen LogP contribution in [-0.4, -0.2) is 50.0 Å². The molecule has 0 bridgehead atoms. The van der Waals surface area contributed by atoms with Gasteiger partial charge in [-0.05, 0) is 61.6 Å². The van der Waals surface area contributed by atoms with Crippen molar-refractivity contribution in [3.63, 3.8) is 0 Å². The summed E-state index contributed by atoms with van der Waals surface area (Å²) in [5.41, 5.74) is 2.14. The van der Waals surface area contributed by atoms with Crippen LogP contribution in [0.15, 0.2) is 36.5 Å². The van der Waals surface area contributed by atoms with Crippen LogP contribution in [0.3, 0.4) is 0 Å². The average Bonchev–Trinajstić information content (AvgIpc) is 3.07. The minimum Gasteiger partial charge on any atom is -0.355 e. The topological polar surface area (TPSA) is 50.1 Å². The van der Waals surface area contributed by atoms with E-state index in [1.54, 1.807) is 6.07 Å². The molecule has 4 aliphatic rings. The lowest BCUT2D eigenvalue weighted by atomic mass is 9.57. The van der Waals surface area contributed by atoms with E-state index in [9.17, 15) is 17.6 Å². The highest BCUT2D eigenvalue weighted by atomic mass is 35.5. The predicted molar refractivity (Wildman–Crippen MR) is 129 cm³/mol.